The average molecular weight is 697 g/mol. The van der Waals surface area contributed by atoms with Crippen LogP contribution in [0.15, 0.2) is 75.1 Å². The zero-order valence-corrected chi connectivity index (χ0v) is 31.7. The maximum atomic E-state index is 14.0. The van der Waals surface area contributed by atoms with Crippen LogP contribution < -0.4 is 28.1 Å². The van der Waals surface area contributed by atoms with Crippen LogP contribution in [0.2, 0.25) is 0 Å². The minimum atomic E-state index is -2.67. The van der Waals surface area contributed by atoms with E-state index in [2.05, 4.69) is 116 Å². The SMILES string of the molecule is CC1=[C]([Zr+2](=[CH]c2ccc(F)cc2)[c]2cc(C(C)(C)C)cc3c2Cc2ccc(C(C)(C)C)cc2-3)C(C)C=C1C(C)(C)C.[Cl-].[Cl-]. The molecule has 0 aliphatic heterocycles. The van der Waals surface area contributed by atoms with E-state index >= 15 is 0 Å². The Hall–Kier alpha value is -1.60. The van der Waals surface area contributed by atoms with E-state index < -0.39 is 21.3 Å². The van der Waals surface area contributed by atoms with Crippen molar-refractivity contribution < 1.29 is 50.5 Å². The molecule has 2 aliphatic carbocycles. The fraction of sp³-hybridized carbons (Fsp3) is 0.410. The molecule has 0 nitrogen and oxygen atoms in total. The van der Waals surface area contributed by atoms with Crippen LogP contribution in [0.3, 0.4) is 0 Å². The van der Waals surface area contributed by atoms with Crippen LogP contribution in [0.4, 0.5) is 4.39 Å². The number of hydrogen-bond acceptors (Lipinski definition) is 0. The maximum absolute atomic E-state index is 14.0. The van der Waals surface area contributed by atoms with Crippen molar-refractivity contribution in [3.63, 3.8) is 0 Å². The molecule has 5 rings (SSSR count). The maximum Gasteiger partial charge on any atom is -1.00 e. The molecule has 0 heterocycles. The van der Waals surface area contributed by atoms with Crippen LogP contribution in [-0.4, -0.2) is 3.71 Å². The Kier molecular flexibility index (Phi) is 10.6. The third kappa shape index (κ3) is 7.13. The molecule has 1 atom stereocenters. The van der Waals surface area contributed by atoms with E-state index in [0.29, 0.717) is 5.92 Å². The monoisotopic (exact) mass is 694 g/mol. The molecule has 0 spiro atoms. The third-order valence-corrected chi connectivity index (χ3v) is 16.5. The first-order chi connectivity index (χ1) is 18.9. The van der Waals surface area contributed by atoms with Gasteiger partial charge in [-0.15, -0.1) is 0 Å². The summed E-state index contributed by atoms with van der Waals surface area (Å²) in [5.74, 6) is 0.245. The summed E-state index contributed by atoms with van der Waals surface area (Å²) in [5.41, 5.74) is 13.0. The van der Waals surface area contributed by atoms with E-state index in [9.17, 15) is 4.39 Å². The molecule has 0 amide bonds. The van der Waals surface area contributed by atoms with Crippen molar-refractivity contribution in [3.8, 4) is 11.1 Å². The first-order valence-corrected chi connectivity index (χ1v) is 19.1. The predicted molar refractivity (Wildman–Crippen MR) is 173 cm³/mol. The first kappa shape index (κ1) is 35.9. The summed E-state index contributed by atoms with van der Waals surface area (Å²) in [6, 6.07) is 19.4. The number of fused-ring (bicyclic) bond motifs is 3. The molecule has 3 aromatic rings. The minimum absolute atomic E-state index is 0. The molecule has 2 aliphatic rings. The summed E-state index contributed by atoms with van der Waals surface area (Å²) in [4.78, 5) is 0. The van der Waals surface area contributed by atoms with Gasteiger partial charge in [-0.05, 0) is 0 Å². The Morgan fingerprint density at radius 3 is 1.86 bits per heavy atom. The standard InChI is InChI=1S/C21H25.C11H17.C7H5F.2ClH.Zr/c1-20(2,3)16-9-7-14-11-15-8-10-17(21(4,5)6)13-19(15)18(14)12-16;1-8-6-9(2)10(7-8)11(3,4)5;1-6-2-4-7(8)5-3-6;;;/h7,9-10,12-13H,11H2,1-6H3;7-8H,1-5H3;1-5H;2*1H;/q;;;;;+2/p-2. The van der Waals surface area contributed by atoms with Crippen LogP contribution in [0.1, 0.15) is 104 Å². The molecule has 4 heteroatoms. The van der Waals surface area contributed by atoms with Gasteiger partial charge >= 0.3 is 257 Å². The van der Waals surface area contributed by atoms with Crippen molar-refractivity contribution >= 4 is 6.98 Å². The van der Waals surface area contributed by atoms with Gasteiger partial charge in [0.15, 0.2) is 0 Å². The molecule has 0 saturated carbocycles. The molecule has 0 saturated heterocycles. The van der Waals surface area contributed by atoms with Crippen molar-refractivity contribution in [2.24, 2.45) is 11.3 Å². The summed E-state index contributed by atoms with van der Waals surface area (Å²) in [5, 5.41) is 0. The summed E-state index contributed by atoms with van der Waals surface area (Å²) >= 11 is -2.67. The second kappa shape index (κ2) is 12.7. The quantitative estimate of drug-likeness (QED) is 0.304. The van der Waals surface area contributed by atoms with E-state index in [-0.39, 0.29) is 46.9 Å². The van der Waals surface area contributed by atoms with Crippen molar-refractivity contribution in [2.75, 3.05) is 0 Å². The van der Waals surface area contributed by atoms with Gasteiger partial charge in [-0.2, -0.15) is 0 Å². The molecule has 0 fully saturated rings. The minimum Gasteiger partial charge on any atom is -1.00 e. The number of benzene rings is 3. The Morgan fingerprint density at radius 1 is 0.744 bits per heavy atom. The van der Waals surface area contributed by atoms with E-state index in [1.165, 1.54) is 44.5 Å². The Bertz CT molecular complexity index is 1620. The molecule has 228 valence electrons. The van der Waals surface area contributed by atoms with Gasteiger partial charge in [-0.1, -0.05) is 0 Å². The fourth-order valence-corrected chi connectivity index (χ4v) is 14.3. The van der Waals surface area contributed by atoms with E-state index in [0.717, 1.165) is 12.0 Å². The molecular weight excluding hydrogens is 650 g/mol. The van der Waals surface area contributed by atoms with Gasteiger partial charge in [0.25, 0.3) is 0 Å². The predicted octanol–water partition coefficient (Wildman–Crippen LogP) is 3.99. The molecule has 3 aromatic carbocycles. The molecule has 0 N–H and O–H groups in total. The molecule has 0 aromatic heterocycles. The van der Waals surface area contributed by atoms with Gasteiger partial charge in [0, 0.05) is 0 Å². The van der Waals surface area contributed by atoms with Crippen molar-refractivity contribution in [1.29, 1.82) is 0 Å². The number of hydrogen-bond donors (Lipinski definition) is 0. The van der Waals surface area contributed by atoms with Crippen LogP contribution in [0.25, 0.3) is 11.1 Å². The largest absolute Gasteiger partial charge is 1.00 e. The van der Waals surface area contributed by atoms with Gasteiger partial charge in [0.2, 0.25) is 0 Å². The topological polar surface area (TPSA) is 0 Å². The Morgan fingerprint density at radius 2 is 1.33 bits per heavy atom. The van der Waals surface area contributed by atoms with Crippen molar-refractivity contribution in [2.45, 2.75) is 93.4 Å². The number of allylic oxidation sites excluding steroid dienone is 4. The van der Waals surface area contributed by atoms with Gasteiger partial charge in [-0.3, -0.25) is 0 Å². The second-order valence-electron chi connectivity index (χ2n) is 15.4. The molecular formula is C39H47Cl2FZr. The van der Waals surface area contributed by atoms with E-state index in [1.54, 1.807) is 18.7 Å². The number of rotatable bonds is 3. The van der Waals surface area contributed by atoms with Crippen LogP contribution in [-0.2, 0) is 38.5 Å². The Labute approximate surface area is 280 Å². The summed E-state index contributed by atoms with van der Waals surface area (Å²) in [7, 11) is 0. The van der Waals surface area contributed by atoms with Gasteiger partial charge in [0.1, 0.15) is 0 Å². The van der Waals surface area contributed by atoms with Crippen LogP contribution in [0, 0.1) is 17.2 Å². The van der Waals surface area contributed by atoms with E-state index in [4.69, 9.17) is 0 Å². The average Bonchev–Trinajstić information content (AvgIpc) is 3.38. The van der Waals surface area contributed by atoms with E-state index in [1.807, 2.05) is 12.1 Å². The first-order valence-electron chi connectivity index (χ1n) is 15.2. The Balaban J connectivity index is 0.00000253. The third-order valence-electron chi connectivity index (χ3n) is 9.00. The summed E-state index contributed by atoms with van der Waals surface area (Å²) < 4.78 is 19.8. The molecule has 0 bridgehead atoms. The van der Waals surface area contributed by atoms with Crippen LogP contribution >= 0.6 is 0 Å². The molecule has 1 unspecified atom stereocenters. The van der Waals surface area contributed by atoms with Crippen LogP contribution in [0.5, 0.6) is 0 Å². The molecule has 43 heavy (non-hydrogen) atoms. The fourth-order valence-electron chi connectivity index (χ4n) is 6.65. The van der Waals surface area contributed by atoms with Gasteiger partial charge in [0.05, 0.1) is 0 Å². The van der Waals surface area contributed by atoms with Crippen molar-refractivity contribution in [3.05, 3.63) is 109 Å². The zero-order chi connectivity index (χ0) is 30.1. The van der Waals surface area contributed by atoms with Gasteiger partial charge < -0.3 is 24.8 Å². The summed E-state index contributed by atoms with van der Waals surface area (Å²) in [6.45, 7) is 25.7. The summed E-state index contributed by atoms with van der Waals surface area (Å²) in [6.07, 6.45) is 3.53. The smallest absolute Gasteiger partial charge is 1.00 e. The second-order valence-corrected chi connectivity index (χ2v) is 20.8. The molecule has 0 radical (unpaired) electrons. The number of halogens is 3. The zero-order valence-electron chi connectivity index (χ0n) is 27.8. The normalized spacial score (nSPS) is 16.4. The van der Waals surface area contributed by atoms with Crippen molar-refractivity contribution in [1.82, 2.24) is 0 Å². The van der Waals surface area contributed by atoms with Gasteiger partial charge in [-0.25, -0.2) is 0 Å².